The maximum Gasteiger partial charge on any atom is 0.341 e. The van der Waals surface area contributed by atoms with Gasteiger partial charge in [-0.25, -0.2) is 4.79 Å². The Balaban J connectivity index is 1.94. The van der Waals surface area contributed by atoms with Gasteiger partial charge in [0.25, 0.3) is 11.6 Å². The number of methoxy groups -OCH3 is 1. The smallest absolute Gasteiger partial charge is 0.341 e. The SMILES string of the molecule is COC(=O)c1c(NC(=O)c2cccc([N+](=O)[O-])c2)sc2c1CC[C@@H](C)C2. The predicted octanol–water partition coefficient (Wildman–Crippen LogP) is 3.82. The first kappa shape index (κ1) is 18.1. The van der Waals surface area contributed by atoms with E-state index in [0.29, 0.717) is 16.5 Å². The number of carbonyl (C=O) groups excluding carboxylic acids is 2. The van der Waals surface area contributed by atoms with E-state index in [0.717, 1.165) is 29.7 Å². The number of nitrogens with zero attached hydrogens (tertiary/aromatic N) is 1. The summed E-state index contributed by atoms with van der Waals surface area (Å²) in [6.45, 7) is 2.15. The molecule has 26 heavy (non-hydrogen) atoms. The number of rotatable bonds is 4. The van der Waals surface area contributed by atoms with Crippen molar-refractivity contribution in [3.8, 4) is 0 Å². The summed E-state index contributed by atoms with van der Waals surface area (Å²) in [6.07, 6.45) is 2.60. The van der Waals surface area contributed by atoms with Crippen molar-refractivity contribution in [1.82, 2.24) is 0 Å². The first-order chi connectivity index (χ1) is 12.4. The van der Waals surface area contributed by atoms with Gasteiger partial charge in [-0.3, -0.25) is 14.9 Å². The summed E-state index contributed by atoms with van der Waals surface area (Å²) in [7, 11) is 1.31. The molecule has 1 amide bonds. The number of anilines is 1. The summed E-state index contributed by atoms with van der Waals surface area (Å²) in [5.41, 5.74) is 1.34. The maximum absolute atomic E-state index is 12.6. The minimum atomic E-state index is -0.554. The van der Waals surface area contributed by atoms with Crippen molar-refractivity contribution in [3.63, 3.8) is 0 Å². The number of nitro benzene ring substituents is 1. The summed E-state index contributed by atoms with van der Waals surface area (Å²) in [4.78, 5) is 36.2. The fraction of sp³-hybridized carbons (Fsp3) is 0.333. The van der Waals surface area contributed by atoms with Crippen LogP contribution in [-0.4, -0.2) is 23.9 Å². The van der Waals surface area contributed by atoms with Gasteiger partial charge in [0.05, 0.1) is 17.6 Å². The fourth-order valence-corrected chi connectivity index (χ4v) is 4.49. The highest BCUT2D eigenvalue weighted by Gasteiger charge is 2.29. The molecule has 0 saturated heterocycles. The van der Waals surface area contributed by atoms with Crippen LogP contribution in [-0.2, 0) is 17.6 Å². The summed E-state index contributed by atoms with van der Waals surface area (Å²) in [5.74, 6) is -0.455. The quantitative estimate of drug-likeness (QED) is 0.498. The highest BCUT2D eigenvalue weighted by Crippen LogP contribution is 2.40. The van der Waals surface area contributed by atoms with Crippen LogP contribution in [0.25, 0.3) is 0 Å². The molecule has 136 valence electrons. The summed E-state index contributed by atoms with van der Waals surface area (Å²) in [6, 6.07) is 5.48. The molecule has 0 fully saturated rings. The number of carbonyl (C=O) groups is 2. The highest BCUT2D eigenvalue weighted by atomic mass is 32.1. The second-order valence-corrected chi connectivity index (χ2v) is 7.41. The summed E-state index contributed by atoms with van der Waals surface area (Å²) >= 11 is 1.38. The Morgan fingerprint density at radius 1 is 1.38 bits per heavy atom. The molecule has 7 nitrogen and oxygen atoms in total. The molecule has 1 aromatic heterocycles. The van der Waals surface area contributed by atoms with E-state index in [2.05, 4.69) is 12.2 Å². The minimum absolute atomic E-state index is 0.162. The minimum Gasteiger partial charge on any atom is -0.465 e. The van der Waals surface area contributed by atoms with Gasteiger partial charge in [0.1, 0.15) is 5.00 Å². The van der Waals surface area contributed by atoms with E-state index in [-0.39, 0.29) is 11.3 Å². The fourth-order valence-electron chi connectivity index (χ4n) is 3.09. The lowest BCUT2D eigenvalue weighted by Gasteiger charge is -2.18. The number of nitrogens with one attached hydrogen (secondary N) is 1. The van der Waals surface area contributed by atoms with E-state index in [1.165, 1.54) is 42.7 Å². The van der Waals surface area contributed by atoms with Gasteiger partial charge < -0.3 is 10.1 Å². The number of hydrogen-bond donors (Lipinski definition) is 1. The third-order valence-corrected chi connectivity index (χ3v) is 5.62. The largest absolute Gasteiger partial charge is 0.465 e. The number of amides is 1. The Kier molecular flexibility index (Phi) is 5.03. The Hall–Kier alpha value is -2.74. The van der Waals surface area contributed by atoms with E-state index >= 15 is 0 Å². The van der Waals surface area contributed by atoms with Gasteiger partial charge in [-0.05, 0) is 36.8 Å². The van der Waals surface area contributed by atoms with E-state index in [1.54, 1.807) is 0 Å². The van der Waals surface area contributed by atoms with Crippen LogP contribution in [0, 0.1) is 16.0 Å². The van der Waals surface area contributed by atoms with Crippen LogP contribution >= 0.6 is 11.3 Å². The molecule has 1 aliphatic carbocycles. The van der Waals surface area contributed by atoms with Crippen LogP contribution in [0.2, 0.25) is 0 Å². The van der Waals surface area contributed by atoms with Crippen molar-refractivity contribution in [3.05, 3.63) is 55.9 Å². The zero-order valence-corrected chi connectivity index (χ0v) is 15.2. The number of esters is 1. The van der Waals surface area contributed by atoms with Gasteiger partial charge in [-0.2, -0.15) is 0 Å². The van der Waals surface area contributed by atoms with Crippen molar-refractivity contribution >= 4 is 33.9 Å². The standard InChI is InChI=1S/C18H18N2O5S/c1-10-6-7-13-14(8-10)26-17(15(13)18(22)25-2)19-16(21)11-4-3-5-12(9-11)20(23)24/h3-5,9-10H,6-8H2,1-2H3,(H,19,21)/t10-/m1/s1. The van der Waals surface area contributed by atoms with Crippen LogP contribution in [0.4, 0.5) is 10.7 Å². The van der Waals surface area contributed by atoms with Crippen molar-refractivity contribution in [2.24, 2.45) is 5.92 Å². The average Bonchev–Trinajstić information content (AvgIpc) is 2.97. The molecule has 0 bridgehead atoms. The Morgan fingerprint density at radius 2 is 2.15 bits per heavy atom. The molecule has 2 aromatic rings. The van der Waals surface area contributed by atoms with Crippen molar-refractivity contribution in [2.45, 2.75) is 26.2 Å². The number of nitro groups is 1. The Morgan fingerprint density at radius 3 is 2.85 bits per heavy atom. The molecule has 0 spiro atoms. The molecule has 1 N–H and O–H groups in total. The third kappa shape index (κ3) is 3.45. The van der Waals surface area contributed by atoms with Crippen LogP contribution in [0.3, 0.4) is 0 Å². The van der Waals surface area contributed by atoms with Crippen LogP contribution in [0.5, 0.6) is 0 Å². The molecule has 1 atom stereocenters. The van der Waals surface area contributed by atoms with E-state index in [1.807, 2.05) is 0 Å². The normalized spacial score (nSPS) is 15.8. The number of thiophene rings is 1. The maximum atomic E-state index is 12.6. The van der Waals surface area contributed by atoms with Crippen LogP contribution in [0.1, 0.15) is 44.5 Å². The second-order valence-electron chi connectivity index (χ2n) is 6.31. The van der Waals surface area contributed by atoms with Crippen LogP contribution < -0.4 is 5.32 Å². The Bertz CT molecular complexity index is 890. The van der Waals surface area contributed by atoms with Gasteiger partial charge in [0, 0.05) is 22.6 Å². The zero-order chi connectivity index (χ0) is 18.8. The van der Waals surface area contributed by atoms with Gasteiger partial charge >= 0.3 is 5.97 Å². The molecule has 0 unspecified atom stereocenters. The molecule has 1 heterocycles. The van der Waals surface area contributed by atoms with Gasteiger partial charge in [0.15, 0.2) is 0 Å². The molecule has 0 aliphatic heterocycles. The van der Waals surface area contributed by atoms with E-state index < -0.39 is 16.8 Å². The first-order valence-electron chi connectivity index (χ1n) is 8.19. The summed E-state index contributed by atoms with van der Waals surface area (Å²) in [5, 5.41) is 14.1. The van der Waals surface area contributed by atoms with E-state index in [9.17, 15) is 19.7 Å². The lowest BCUT2D eigenvalue weighted by molar-refractivity contribution is -0.384. The molecule has 0 saturated carbocycles. The highest BCUT2D eigenvalue weighted by molar-refractivity contribution is 7.17. The molecule has 1 aliphatic rings. The van der Waals surface area contributed by atoms with Crippen LogP contribution in [0.15, 0.2) is 24.3 Å². The monoisotopic (exact) mass is 374 g/mol. The number of hydrogen-bond acceptors (Lipinski definition) is 6. The molecule has 1 aromatic carbocycles. The number of benzene rings is 1. The van der Waals surface area contributed by atoms with E-state index in [4.69, 9.17) is 4.74 Å². The molecule has 8 heteroatoms. The third-order valence-electron chi connectivity index (χ3n) is 4.45. The Labute approximate surface area is 154 Å². The number of ether oxygens (including phenoxy) is 1. The number of fused-ring (bicyclic) bond motifs is 1. The van der Waals surface area contributed by atoms with Gasteiger partial charge in [-0.1, -0.05) is 13.0 Å². The topological polar surface area (TPSA) is 98.5 Å². The molecule has 0 radical (unpaired) electrons. The zero-order valence-electron chi connectivity index (χ0n) is 14.4. The summed E-state index contributed by atoms with van der Waals surface area (Å²) < 4.78 is 4.89. The van der Waals surface area contributed by atoms with Crippen molar-refractivity contribution in [2.75, 3.05) is 12.4 Å². The molecule has 3 rings (SSSR count). The van der Waals surface area contributed by atoms with Crippen molar-refractivity contribution < 1.29 is 19.2 Å². The van der Waals surface area contributed by atoms with Gasteiger partial charge in [-0.15, -0.1) is 11.3 Å². The lowest BCUT2D eigenvalue weighted by atomic mass is 9.88. The lowest BCUT2D eigenvalue weighted by Crippen LogP contribution is -2.16. The molecular weight excluding hydrogens is 356 g/mol. The second kappa shape index (κ2) is 7.25. The van der Waals surface area contributed by atoms with Crippen molar-refractivity contribution in [1.29, 1.82) is 0 Å². The first-order valence-corrected chi connectivity index (χ1v) is 9.01. The van der Waals surface area contributed by atoms with Gasteiger partial charge in [0.2, 0.25) is 0 Å². The number of non-ortho nitro benzene ring substituents is 1. The predicted molar refractivity (Wildman–Crippen MR) is 97.9 cm³/mol. The molecular formula is C18H18N2O5S. The average molecular weight is 374 g/mol.